The molecule has 0 bridgehead atoms. The lowest BCUT2D eigenvalue weighted by molar-refractivity contribution is -0.166. The molecule has 0 aromatic heterocycles. The summed E-state index contributed by atoms with van der Waals surface area (Å²) in [6.07, 6.45) is -2.51. The second kappa shape index (κ2) is 10.4. The monoisotopic (exact) mass is 524 g/mol. The summed E-state index contributed by atoms with van der Waals surface area (Å²) in [6.45, 7) is 3.96. The van der Waals surface area contributed by atoms with Crippen molar-refractivity contribution in [2.75, 3.05) is 0 Å². The van der Waals surface area contributed by atoms with Crippen LogP contribution < -0.4 is 4.74 Å². The minimum Gasteiger partial charge on any atom is -0.504 e. The van der Waals surface area contributed by atoms with Crippen LogP contribution in [0.1, 0.15) is 48.1 Å². The van der Waals surface area contributed by atoms with E-state index in [0.717, 1.165) is 0 Å². The molecule has 0 aliphatic carbocycles. The van der Waals surface area contributed by atoms with Gasteiger partial charge in [-0.15, -0.1) is 0 Å². The van der Waals surface area contributed by atoms with Gasteiger partial charge in [0, 0.05) is 12.0 Å². The molecule has 0 amide bonds. The third-order valence-electron chi connectivity index (χ3n) is 6.33. The molecular weight excluding hydrogens is 496 g/mol. The van der Waals surface area contributed by atoms with Crippen molar-refractivity contribution in [1.82, 2.24) is 0 Å². The van der Waals surface area contributed by atoms with Crippen molar-refractivity contribution < 1.29 is 49.7 Å². The fourth-order valence-corrected chi connectivity index (χ4v) is 4.58. The molecule has 4 rings (SSSR count). The zero-order chi connectivity index (χ0) is 27.7. The number of carbonyl (C=O) groups excluding carboxylic acids is 1. The SMILES string of the molecule is CC(C)Cc1ccc(O)c2c1C(C(=O)OC(Cc1ccc(O)c(O)c1)C(=O)O)C(c1ccc(O)c(O)c1)O2. The molecule has 0 radical (unpaired) electrons. The Hall–Kier alpha value is -4.60. The molecule has 0 saturated carbocycles. The lowest BCUT2D eigenvalue weighted by atomic mass is 9.85. The normalized spacial score (nSPS) is 17.0. The van der Waals surface area contributed by atoms with E-state index in [1.807, 2.05) is 13.8 Å². The van der Waals surface area contributed by atoms with Crippen LogP contribution in [0.15, 0.2) is 48.5 Å². The maximum Gasteiger partial charge on any atom is 0.345 e. The lowest BCUT2D eigenvalue weighted by Gasteiger charge is -2.22. The largest absolute Gasteiger partial charge is 0.504 e. The van der Waals surface area contributed by atoms with Crippen LogP contribution in [0.25, 0.3) is 0 Å². The van der Waals surface area contributed by atoms with E-state index in [9.17, 15) is 40.2 Å². The fraction of sp³-hybridized carbons (Fsp3) is 0.286. The molecule has 3 aromatic carbocycles. The fourth-order valence-electron chi connectivity index (χ4n) is 4.58. The number of aliphatic carboxylic acids is 1. The number of benzene rings is 3. The Morgan fingerprint density at radius 3 is 2.08 bits per heavy atom. The number of phenolic OH excluding ortho intramolecular Hbond substituents is 5. The Morgan fingerprint density at radius 2 is 1.47 bits per heavy atom. The van der Waals surface area contributed by atoms with Crippen LogP contribution >= 0.6 is 0 Å². The third-order valence-corrected chi connectivity index (χ3v) is 6.33. The highest BCUT2D eigenvalue weighted by Gasteiger charge is 2.46. The lowest BCUT2D eigenvalue weighted by Crippen LogP contribution is -2.33. The molecule has 200 valence electrons. The molecule has 10 nitrogen and oxygen atoms in total. The van der Waals surface area contributed by atoms with Gasteiger partial charge >= 0.3 is 11.9 Å². The highest BCUT2D eigenvalue weighted by molar-refractivity contribution is 5.86. The highest BCUT2D eigenvalue weighted by atomic mass is 16.6. The summed E-state index contributed by atoms with van der Waals surface area (Å²) in [7, 11) is 0. The van der Waals surface area contributed by atoms with Crippen molar-refractivity contribution in [3.63, 3.8) is 0 Å². The Morgan fingerprint density at radius 1 is 0.842 bits per heavy atom. The van der Waals surface area contributed by atoms with Crippen molar-refractivity contribution in [3.8, 4) is 34.5 Å². The van der Waals surface area contributed by atoms with Crippen LogP contribution in [0.5, 0.6) is 34.5 Å². The maximum absolute atomic E-state index is 13.7. The number of carbonyl (C=O) groups is 2. The standard InChI is InChI=1S/C28H28O10/c1-13(2)9-15-4-8-19(31)26-23(15)24(25(38-26)16-5-7-18(30)21(33)12-16)28(36)37-22(27(34)35)11-14-3-6-17(29)20(32)10-14/h3-8,10,12-13,22,24-25,29-33H,9,11H2,1-2H3,(H,34,35). The smallest absolute Gasteiger partial charge is 0.345 e. The zero-order valence-electron chi connectivity index (χ0n) is 20.7. The molecule has 0 spiro atoms. The molecule has 1 aliphatic rings. The van der Waals surface area contributed by atoms with Gasteiger partial charge in [-0.2, -0.15) is 0 Å². The van der Waals surface area contributed by atoms with Gasteiger partial charge in [0.2, 0.25) is 6.10 Å². The van der Waals surface area contributed by atoms with E-state index in [-0.39, 0.29) is 35.3 Å². The van der Waals surface area contributed by atoms with E-state index in [1.165, 1.54) is 42.5 Å². The molecule has 1 heterocycles. The number of fused-ring (bicyclic) bond motifs is 1. The Kier molecular flexibility index (Phi) is 7.25. The second-order valence-corrected chi connectivity index (χ2v) is 9.64. The zero-order valence-corrected chi connectivity index (χ0v) is 20.7. The van der Waals surface area contributed by atoms with Crippen LogP contribution in [-0.2, 0) is 27.2 Å². The average molecular weight is 525 g/mol. The first-order chi connectivity index (χ1) is 18.0. The summed E-state index contributed by atoms with van der Waals surface area (Å²) in [4.78, 5) is 25.7. The molecule has 3 aromatic rings. The third kappa shape index (κ3) is 5.24. The first-order valence-corrected chi connectivity index (χ1v) is 11.9. The maximum atomic E-state index is 13.7. The van der Waals surface area contributed by atoms with Crippen molar-refractivity contribution in [2.24, 2.45) is 5.92 Å². The van der Waals surface area contributed by atoms with Gasteiger partial charge in [0.15, 0.2) is 34.5 Å². The topological polar surface area (TPSA) is 174 Å². The number of esters is 1. The summed E-state index contributed by atoms with van der Waals surface area (Å²) in [5, 5.41) is 59.5. The molecular formula is C28H28O10. The van der Waals surface area contributed by atoms with Crippen LogP contribution in [0.3, 0.4) is 0 Å². The number of ether oxygens (including phenoxy) is 2. The summed E-state index contributed by atoms with van der Waals surface area (Å²) in [5.74, 6) is -5.22. The summed E-state index contributed by atoms with van der Waals surface area (Å²) in [5.41, 5.74) is 1.66. The van der Waals surface area contributed by atoms with Crippen molar-refractivity contribution >= 4 is 11.9 Å². The van der Waals surface area contributed by atoms with Crippen LogP contribution in [0.2, 0.25) is 0 Å². The van der Waals surface area contributed by atoms with E-state index < -0.39 is 41.6 Å². The van der Waals surface area contributed by atoms with Gasteiger partial charge in [-0.1, -0.05) is 32.0 Å². The van der Waals surface area contributed by atoms with E-state index in [2.05, 4.69) is 0 Å². The predicted molar refractivity (Wildman–Crippen MR) is 134 cm³/mol. The number of carboxylic acids is 1. The Bertz CT molecular complexity index is 1380. The van der Waals surface area contributed by atoms with Crippen LogP contribution in [-0.4, -0.2) is 48.7 Å². The Balaban J connectivity index is 1.74. The van der Waals surface area contributed by atoms with E-state index in [1.54, 1.807) is 6.07 Å². The minimum atomic E-state index is -1.64. The molecule has 10 heteroatoms. The molecule has 3 atom stereocenters. The van der Waals surface area contributed by atoms with Gasteiger partial charge in [-0.05, 0) is 59.4 Å². The molecule has 3 unspecified atom stereocenters. The van der Waals surface area contributed by atoms with Crippen molar-refractivity contribution in [2.45, 2.75) is 44.8 Å². The van der Waals surface area contributed by atoms with Crippen molar-refractivity contribution in [1.29, 1.82) is 0 Å². The molecule has 0 fully saturated rings. The second-order valence-electron chi connectivity index (χ2n) is 9.64. The highest BCUT2D eigenvalue weighted by Crippen LogP contribution is 2.53. The molecule has 38 heavy (non-hydrogen) atoms. The van der Waals surface area contributed by atoms with Gasteiger partial charge in [0.25, 0.3) is 0 Å². The van der Waals surface area contributed by atoms with Gasteiger partial charge < -0.3 is 40.1 Å². The minimum absolute atomic E-state index is 0.0537. The molecule has 6 N–H and O–H groups in total. The number of hydrogen-bond donors (Lipinski definition) is 6. The quantitative estimate of drug-likeness (QED) is 0.187. The number of aromatic hydroxyl groups is 5. The van der Waals surface area contributed by atoms with Gasteiger partial charge in [0.1, 0.15) is 12.0 Å². The number of carboxylic acid groups (broad SMARTS) is 1. The van der Waals surface area contributed by atoms with Gasteiger partial charge in [0.05, 0.1) is 0 Å². The van der Waals surface area contributed by atoms with E-state index in [4.69, 9.17) is 9.47 Å². The summed E-state index contributed by atoms with van der Waals surface area (Å²) < 4.78 is 11.5. The number of hydrogen-bond acceptors (Lipinski definition) is 9. The molecule has 0 saturated heterocycles. The predicted octanol–water partition coefficient (Wildman–Crippen LogP) is 3.87. The number of phenols is 5. The van der Waals surface area contributed by atoms with Crippen LogP contribution in [0, 0.1) is 5.92 Å². The van der Waals surface area contributed by atoms with Crippen LogP contribution in [0.4, 0.5) is 0 Å². The first kappa shape index (κ1) is 26.5. The average Bonchev–Trinajstić information content (AvgIpc) is 3.26. The van der Waals surface area contributed by atoms with E-state index >= 15 is 0 Å². The van der Waals surface area contributed by atoms with Crippen molar-refractivity contribution in [3.05, 3.63) is 70.8 Å². The Labute approximate surface area is 218 Å². The summed E-state index contributed by atoms with van der Waals surface area (Å²) >= 11 is 0. The number of rotatable bonds is 8. The van der Waals surface area contributed by atoms with Gasteiger partial charge in [-0.25, -0.2) is 4.79 Å². The molecule has 1 aliphatic heterocycles. The summed E-state index contributed by atoms with van der Waals surface area (Å²) in [6, 6.07) is 10.8. The van der Waals surface area contributed by atoms with E-state index in [0.29, 0.717) is 28.7 Å². The first-order valence-electron chi connectivity index (χ1n) is 11.9. The van der Waals surface area contributed by atoms with Gasteiger partial charge in [-0.3, -0.25) is 4.79 Å².